The summed E-state index contributed by atoms with van der Waals surface area (Å²) in [6, 6.07) is 0. The van der Waals surface area contributed by atoms with E-state index in [9.17, 15) is 9.59 Å². The van der Waals surface area contributed by atoms with Gasteiger partial charge in [-0.15, -0.1) is 0 Å². The summed E-state index contributed by atoms with van der Waals surface area (Å²) in [7, 11) is 0. The van der Waals surface area contributed by atoms with Crippen molar-refractivity contribution >= 4 is 11.9 Å². The van der Waals surface area contributed by atoms with Gasteiger partial charge >= 0.3 is 5.97 Å². The van der Waals surface area contributed by atoms with Crippen molar-refractivity contribution in [1.82, 2.24) is 4.90 Å². The predicted octanol–water partition coefficient (Wildman–Crippen LogP) is -1.34. The highest BCUT2D eigenvalue weighted by Gasteiger charge is 2.49. The average Bonchev–Trinajstić information content (AvgIpc) is 1.79. The van der Waals surface area contributed by atoms with Crippen LogP contribution in [-0.2, 0) is 9.59 Å². The van der Waals surface area contributed by atoms with Crippen LogP contribution in [0.1, 0.15) is 6.92 Å². The number of amides is 1. The molecule has 62 valence electrons. The van der Waals surface area contributed by atoms with Gasteiger partial charge in [-0.3, -0.25) is 4.79 Å². The van der Waals surface area contributed by atoms with Crippen molar-refractivity contribution in [3.8, 4) is 0 Å². The first-order valence-corrected chi connectivity index (χ1v) is 3.17. The van der Waals surface area contributed by atoms with Crippen LogP contribution in [-0.4, -0.2) is 45.7 Å². The van der Waals surface area contributed by atoms with E-state index in [4.69, 9.17) is 10.2 Å². The van der Waals surface area contributed by atoms with Crippen molar-refractivity contribution in [1.29, 1.82) is 0 Å². The number of aliphatic hydroxyl groups is 1. The summed E-state index contributed by atoms with van der Waals surface area (Å²) in [6.07, 6.45) is 0. The van der Waals surface area contributed by atoms with Crippen molar-refractivity contribution in [3.05, 3.63) is 0 Å². The first-order chi connectivity index (χ1) is 4.96. The predicted molar refractivity (Wildman–Crippen MR) is 34.8 cm³/mol. The second-order valence-corrected chi connectivity index (χ2v) is 2.71. The zero-order chi connectivity index (χ0) is 8.65. The first kappa shape index (κ1) is 8.00. The quantitative estimate of drug-likeness (QED) is 0.496. The Labute approximate surface area is 63.2 Å². The number of aliphatic carboxylic acids is 1. The third-order valence-electron chi connectivity index (χ3n) is 1.75. The van der Waals surface area contributed by atoms with Gasteiger partial charge in [0.15, 0.2) is 5.60 Å². The Kier molecular flexibility index (Phi) is 1.60. The largest absolute Gasteiger partial charge is 0.479 e. The molecule has 0 atom stereocenters. The molecule has 1 saturated heterocycles. The number of carboxylic acids is 1. The molecule has 5 heteroatoms. The van der Waals surface area contributed by atoms with Crippen LogP contribution >= 0.6 is 0 Å². The Morgan fingerprint density at radius 3 is 2.18 bits per heavy atom. The Morgan fingerprint density at radius 1 is 1.45 bits per heavy atom. The van der Waals surface area contributed by atoms with Crippen LogP contribution in [0.2, 0.25) is 0 Å². The van der Waals surface area contributed by atoms with Gasteiger partial charge in [0.1, 0.15) is 0 Å². The number of carbonyl (C=O) groups is 2. The minimum absolute atomic E-state index is 0.0995. The average molecular weight is 159 g/mol. The van der Waals surface area contributed by atoms with E-state index >= 15 is 0 Å². The summed E-state index contributed by atoms with van der Waals surface area (Å²) in [5.74, 6) is -1.48. The maximum absolute atomic E-state index is 10.6. The zero-order valence-electron chi connectivity index (χ0n) is 6.07. The monoisotopic (exact) mass is 159 g/mol. The van der Waals surface area contributed by atoms with E-state index in [2.05, 4.69) is 0 Å². The molecular formula is C6H9NO4. The lowest BCUT2D eigenvalue weighted by molar-refractivity contribution is -0.181. The van der Waals surface area contributed by atoms with Gasteiger partial charge < -0.3 is 15.1 Å². The van der Waals surface area contributed by atoms with Gasteiger partial charge in [-0.1, -0.05) is 0 Å². The fourth-order valence-corrected chi connectivity index (χ4v) is 0.943. The van der Waals surface area contributed by atoms with E-state index in [1.54, 1.807) is 0 Å². The molecule has 1 aliphatic heterocycles. The fourth-order valence-electron chi connectivity index (χ4n) is 0.943. The van der Waals surface area contributed by atoms with Gasteiger partial charge in [0.25, 0.3) is 0 Å². The lowest BCUT2D eigenvalue weighted by Gasteiger charge is -2.42. The second-order valence-electron chi connectivity index (χ2n) is 2.71. The number of carboxylic acid groups (broad SMARTS) is 1. The number of carbonyl (C=O) groups excluding carboxylic acids is 1. The van der Waals surface area contributed by atoms with E-state index in [0.29, 0.717) is 0 Å². The number of likely N-dealkylation sites (tertiary alicyclic amines) is 1. The van der Waals surface area contributed by atoms with Crippen LogP contribution in [0, 0.1) is 0 Å². The standard InChI is InChI=1S/C6H9NO4/c1-4(8)7-2-6(11,3-7)5(9)10/h11H,2-3H2,1H3,(H,9,10). The molecule has 0 radical (unpaired) electrons. The SMILES string of the molecule is CC(=O)N1CC(O)(C(=O)O)C1. The Hall–Kier alpha value is -1.10. The van der Waals surface area contributed by atoms with Gasteiger partial charge in [-0.2, -0.15) is 0 Å². The Balaban J connectivity index is 2.50. The molecule has 0 aromatic heterocycles. The molecule has 0 aliphatic carbocycles. The van der Waals surface area contributed by atoms with E-state index in [1.807, 2.05) is 0 Å². The van der Waals surface area contributed by atoms with Crippen LogP contribution in [0.5, 0.6) is 0 Å². The summed E-state index contributed by atoms with van der Waals surface area (Å²) in [6.45, 7) is 1.14. The summed E-state index contributed by atoms with van der Waals surface area (Å²) in [5.41, 5.74) is -1.70. The molecule has 0 bridgehead atoms. The minimum atomic E-state index is -1.70. The van der Waals surface area contributed by atoms with Crippen molar-refractivity contribution in [3.63, 3.8) is 0 Å². The molecule has 0 aromatic rings. The number of hydrogen-bond acceptors (Lipinski definition) is 3. The molecular weight excluding hydrogens is 150 g/mol. The molecule has 11 heavy (non-hydrogen) atoms. The van der Waals surface area contributed by atoms with Crippen LogP contribution in [0.25, 0.3) is 0 Å². The van der Waals surface area contributed by atoms with Gasteiger partial charge in [0.2, 0.25) is 5.91 Å². The maximum atomic E-state index is 10.6. The first-order valence-electron chi connectivity index (χ1n) is 3.17. The van der Waals surface area contributed by atoms with Gasteiger partial charge in [0.05, 0.1) is 13.1 Å². The molecule has 0 aromatic carbocycles. The van der Waals surface area contributed by atoms with E-state index < -0.39 is 11.6 Å². The van der Waals surface area contributed by atoms with E-state index in [1.165, 1.54) is 11.8 Å². The summed E-state index contributed by atoms with van der Waals surface area (Å²) in [5, 5.41) is 17.5. The smallest absolute Gasteiger partial charge is 0.339 e. The van der Waals surface area contributed by atoms with Crippen LogP contribution < -0.4 is 0 Å². The topological polar surface area (TPSA) is 77.8 Å². The summed E-state index contributed by atoms with van der Waals surface area (Å²) < 4.78 is 0. The van der Waals surface area contributed by atoms with Crippen molar-refractivity contribution < 1.29 is 19.8 Å². The minimum Gasteiger partial charge on any atom is -0.479 e. The van der Waals surface area contributed by atoms with Crippen molar-refractivity contribution in [2.45, 2.75) is 12.5 Å². The maximum Gasteiger partial charge on any atom is 0.339 e. The third-order valence-corrected chi connectivity index (χ3v) is 1.75. The van der Waals surface area contributed by atoms with Crippen molar-refractivity contribution in [2.75, 3.05) is 13.1 Å². The van der Waals surface area contributed by atoms with Crippen molar-refractivity contribution in [2.24, 2.45) is 0 Å². The molecule has 1 amide bonds. The Bertz CT molecular complexity index is 207. The molecule has 0 saturated carbocycles. The lowest BCUT2D eigenvalue weighted by atomic mass is 9.95. The van der Waals surface area contributed by atoms with Crippen LogP contribution in [0.4, 0.5) is 0 Å². The molecule has 1 rings (SSSR count). The number of β-amino-alcohol motifs (C(OH)–C–C–N with tert-alkyl or cyclic N) is 1. The highest BCUT2D eigenvalue weighted by molar-refractivity contribution is 5.84. The van der Waals surface area contributed by atoms with Crippen LogP contribution in [0.15, 0.2) is 0 Å². The Morgan fingerprint density at radius 2 is 1.91 bits per heavy atom. The number of rotatable bonds is 1. The van der Waals surface area contributed by atoms with Gasteiger partial charge in [-0.05, 0) is 0 Å². The molecule has 2 N–H and O–H groups in total. The number of hydrogen-bond donors (Lipinski definition) is 2. The van der Waals surface area contributed by atoms with Gasteiger partial charge in [-0.25, -0.2) is 4.79 Å². The zero-order valence-corrected chi connectivity index (χ0v) is 6.07. The molecule has 0 spiro atoms. The normalized spacial score (nSPS) is 20.7. The molecule has 1 aliphatic rings. The van der Waals surface area contributed by atoms with Crippen LogP contribution in [0.3, 0.4) is 0 Å². The molecule has 0 unspecified atom stereocenters. The fraction of sp³-hybridized carbons (Fsp3) is 0.667. The summed E-state index contributed by atoms with van der Waals surface area (Å²) >= 11 is 0. The molecule has 1 fully saturated rings. The van der Waals surface area contributed by atoms with E-state index in [-0.39, 0.29) is 19.0 Å². The highest BCUT2D eigenvalue weighted by atomic mass is 16.4. The molecule has 5 nitrogen and oxygen atoms in total. The van der Waals surface area contributed by atoms with Gasteiger partial charge in [0, 0.05) is 6.92 Å². The number of nitrogens with zero attached hydrogens (tertiary/aromatic N) is 1. The lowest BCUT2D eigenvalue weighted by Crippen LogP contribution is -2.67. The third kappa shape index (κ3) is 1.19. The second kappa shape index (κ2) is 2.20. The summed E-state index contributed by atoms with van der Waals surface area (Å²) in [4.78, 5) is 22.1. The highest BCUT2D eigenvalue weighted by Crippen LogP contribution is 2.20. The molecule has 1 heterocycles. The van der Waals surface area contributed by atoms with E-state index in [0.717, 1.165) is 0 Å².